The molecule has 2 atom stereocenters. The van der Waals surface area contributed by atoms with Crippen LogP contribution in [0.2, 0.25) is 0 Å². The van der Waals surface area contributed by atoms with E-state index in [4.69, 9.17) is 0 Å². The van der Waals surface area contributed by atoms with E-state index >= 15 is 0 Å². The van der Waals surface area contributed by atoms with Crippen molar-refractivity contribution in [2.45, 2.75) is 39.3 Å². The highest BCUT2D eigenvalue weighted by atomic mass is 15.2. The minimum absolute atomic E-state index is 0.491. The second-order valence-corrected chi connectivity index (χ2v) is 6.92. The maximum atomic E-state index is 3.73. The fraction of sp³-hybridized carbons (Fsp3) is 0.647. The van der Waals surface area contributed by atoms with Gasteiger partial charge in [-0.15, -0.1) is 0 Å². The number of fused-ring (bicyclic) bond motifs is 1. The lowest BCUT2D eigenvalue weighted by Crippen LogP contribution is -2.57. The Balaban J connectivity index is 1.67. The molecule has 2 fully saturated rings. The first-order valence-corrected chi connectivity index (χ1v) is 7.65. The molecule has 1 N–H and O–H groups in total. The molecule has 1 aromatic rings. The average molecular weight is 258 g/mol. The number of hydrogen-bond acceptors (Lipinski definition) is 2. The standard InChI is InChI=1S/C17H26N2/c1-17(2)9-10-18-16-8-11-19(13-15(16)17)12-14-6-4-3-5-7-14/h3-7,15-16,18H,8-13H2,1-2H3. The number of nitrogens with one attached hydrogen (secondary N) is 1. The maximum Gasteiger partial charge on any atom is 0.0233 e. The minimum Gasteiger partial charge on any atom is -0.314 e. The first-order valence-electron chi connectivity index (χ1n) is 7.65. The first kappa shape index (κ1) is 13.1. The van der Waals surface area contributed by atoms with E-state index in [1.165, 1.54) is 38.0 Å². The van der Waals surface area contributed by atoms with Gasteiger partial charge in [0.1, 0.15) is 0 Å². The van der Waals surface area contributed by atoms with Crippen LogP contribution in [0.15, 0.2) is 30.3 Å². The predicted octanol–water partition coefficient (Wildman–Crippen LogP) is 2.90. The minimum atomic E-state index is 0.491. The highest BCUT2D eigenvalue weighted by molar-refractivity contribution is 5.14. The van der Waals surface area contributed by atoms with Gasteiger partial charge in [0.25, 0.3) is 0 Å². The summed E-state index contributed by atoms with van der Waals surface area (Å²) in [5, 5.41) is 3.73. The van der Waals surface area contributed by atoms with Gasteiger partial charge in [-0.2, -0.15) is 0 Å². The van der Waals surface area contributed by atoms with Crippen LogP contribution in [0, 0.1) is 11.3 Å². The third-order valence-electron chi connectivity index (χ3n) is 5.13. The first-order chi connectivity index (χ1) is 9.15. The van der Waals surface area contributed by atoms with Gasteiger partial charge in [0.05, 0.1) is 0 Å². The lowest BCUT2D eigenvalue weighted by Gasteiger charge is -2.50. The quantitative estimate of drug-likeness (QED) is 0.877. The van der Waals surface area contributed by atoms with Crippen molar-refractivity contribution >= 4 is 0 Å². The molecule has 2 aliphatic heterocycles. The summed E-state index contributed by atoms with van der Waals surface area (Å²) in [6.45, 7) is 9.71. The van der Waals surface area contributed by atoms with Crippen LogP contribution in [-0.2, 0) is 6.54 Å². The smallest absolute Gasteiger partial charge is 0.0233 e. The van der Waals surface area contributed by atoms with Crippen LogP contribution in [0.3, 0.4) is 0 Å². The number of likely N-dealkylation sites (tertiary alicyclic amines) is 1. The molecular weight excluding hydrogens is 232 g/mol. The van der Waals surface area contributed by atoms with Gasteiger partial charge < -0.3 is 5.32 Å². The molecule has 2 heterocycles. The van der Waals surface area contributed by atoms with Gasteiger partial charge in [-0.1, -0.05) is 44.2 Å². The molecular formula is C17H26N2. The Kier molecular flexibility index (Phi) is 3.64. The van der Waals surface area contributed by atoms with Crippen molar-refractivity contribution in [1.29, 1.82) is 0 Å². The zero-order chi connectivity index (χ0) is 13.3. The van der Waals surface area contributed by atoms with Gasteiger partial charge >= 0.3 is 0 Å². The summed E-state index contributed by atoms with van der Waals surface area (Å²) in [4.78, 5) is 2.64. The molecule has 0 amide bonds. The average Bonchev–Trinajstić information content (AvgIpc) is 2.40. The van der Waals surface area contributed by atoms with Crippen molar-refractivity contribution in [2.24, 2.45) is 11.3 Å². The van der Waals surface area contributed by atoms with Crippen molar-refractivity contribution < 1.29 is 0 Å². The molecule has 0 bridgehead atoms. The van der Waals surface area contributed by atoms with Gasteiger partial charge in [-0.25, -0.2) is 0 Å². The van der Waals surface area contributed by atoms with Crippen molar-refractivity contribution in [2.75, 3.05) is 19.6 Å². The van der Waals surface area contributed by atoms with Crippen molar-refractivity contribution in [3.8, 4) is 0 Å². The van der Waals surface area contributed by atoms with Gasteiger partial charge in [0.2, 0.25) is 0 Å². The Labute approximate surface area is 117 Å². The SMILES string of the molecule is CC1(C)CCNC2CCN(Cc3ccccc3)CC21. The van der Waals surface area contributed by atoms with Crippen LogP contribution in [0.25, 0.3) is 0 Å². The summed E-state index contributed by atoms with van der Waals surface area (Å²) < 4.78 is 0. The van der Waals surface area contributed by atoms with E-state index in [1.807, 2.05) is 0 Å². The van der Waals surface area contributed by atoms with Crippen molar-refractivity contribution in [1.82, 2.24) is 10.2 Å². The number of nitrogens with zero attached hydrogens (tertiary/aromatic N) is 1. The third kappa shape index (κ3) is 2.85. The zero-order valence-corrected chi connectivity index (χ0v) is 12.2. The van der Waals surface area contributed by atoms with E-state index < -0.39 is 0 Å². The Morgan fingerprint density at radius 3 is 2.84 bits per heavy atom. The molecule has 2 heteroatoms. The molecule has 2 unspecified atom stereocenters. The molecule has 0 aromatic heterocycles. The fourth-order valence-corrected chi connectivity index (χ4v) is 3.81. The van der Waals surface area contributed by atoms with E-state index in [2.05, 4.69) is 54.4 Å². The highest BCUT2D eigenvalue weighted by Crippen LogP contribution is 2.39. The summed E-state index contributed by atoms with van der Waals surface area (Å²) in [7, 11) is 0. The van der Waals surface area contributed by atoms with E-state index in [0.29, 0.717) is 5.41 Å². The molecule has 0 saturated carbocycles. The Morgan fingerprint density at radius 1 is 1.26 bits per heavy atom. The molecule has 0 radical (unpaired) electrons. The molecule has 104 valence electrons. The molecule has 0 aliphatic carbocycles. The molecule has 2 nitrogen and oxygen atoms in total. The topological polar surface area (TPSA) is 15.3 Å². The normalized spacial score (nSPS) is 30.8. The third-order valence-corrected chi connectivity index (χ3v) is 5.13. The van der Waals surface area contributed by atoms with Gasteiger partial charge in [-0.3, -0.25) is 4.90 Å². The zero-order valence-electron chi connectivity index (χ0n) is 12.2. The van der Waals surface area contributed by atoms with E-state index in [9.17, 15) is 0 Å². The second kappa shape index (κ2) is 5.26. The highest BCUT2D eigenvalue weighted by Gasteiger charge is 2.41. The van der Waals surface area contributed by atoms with Crippen molar-refractivity contribution in [3.05, 3.63) is 35.9 Å². The molecule has 2 saturated heterocycles. The number of piperidine rings is 2. The van der Waals surface area contributed by atoms with E-state index in [-0.39, 0.29) is 0 Å². The fourth-order valence-electron chi connectivity index (χ4n) is 3.81. The number of hydrogen-bond donors (Lipinski definition) is 1. The van der Waals surface area contributed by atoms with Gasteiger partial charge in [0.15, 0.2) is 0 Å². The Hall–Kier alpha value is -0.860. The molecule has 0 spiro atoms. The molecule has 1 aromatic carbocycles. The van der Waals surface area contributed by atoms with E-state index in [1.54, 1.807) is 0 Å². The van der Waals surface area contributed by atoms with Crippen LogP contribution in [0.1, 0.15) is 32.3 Å². The summed E-state index contributed by atoms with van der Waals surface area (Å²) in [5.74, 6) is 0.804. The monoisotopic (exact) mass is 258 g/mol. The second-order valence-electron chi connectivity index (χ2n) is 6.92. The summed E-state index contributed by atoms with van der Waals surface area (Å²) in [5.41, 5.74) is 1.94. The predicted molar refractivity (Wildman–Crippen MR) is 80.0 cm³/mol. The summed E-state index contributed by atoms with van der Waals surface area (Å²) >= 11 is 0. The maximum absolute atomic E-state index is 3.73. The Bertz CT molecular complexity index is 413. The lowest BCUT2D eigenvalue weighted by molar-refractivity contribution is 0.0224. The molecule has 19 heavy (non-hydrogen) atoms. The number of rotatable bonds is 2. The Morgan fingerprint density at radius 2 is 2.05 bits per heavy atom. The van der Waals surface area contributed by atoms with E-state index in [0.717, 1.165) is 18.5 Å². The van der Waals surface area contributed by atoms with Gasteiger partial charge in [-0.05, 0) is 42.8 Å². The summed E-state index contributed by atoms with van der Waals surface area (Å²) in [6.07, 6.45) is 2.62. The van der Waals surface area contributed by atoms with Crippen molar-refractivity contribution in [3.63, 3.8) is 0 Å². The summed E-state index contributed by atoms with van der Waals surface area (Å²) in [6, 6.07) is 11.6. The lowest BCUT2D eigenvalue weighted by atomic mass is 9.68. The van der Waals surface area contributed by atoms with Crippen LogP contribution < -0.4 is 5.32 Å². The molecule has 2 aliphatic rings. The van der Waals surface area contributed by atoms with Gasteiger partial charge in [0, 0.05) is 19.1 Å². The van der Waals surface area contributed by atoms with Crippen LogP contribution in [-0.4, -0.2) is 30.6 Å². The van der Waals surface area contributed by atoms with Crippen LogP contribution >= 0.6 is 0 Å². The molecule has 3 rings (SSSR count). The largest absolute Gasteiger partial charge is 0.314 e. The van der Waals surface area contributed by atoms with Crippen LogP contribution in [0.5, 0.6) is 0 Å². The van der Waals surface area contributed by atoms with Crippen LogP contribution in [0.4, 0.5) is 0 Å². The number of benzene rings is 1.